The molecule has 0 atom stereocenters. The van der Waals surface area contributed by atoms with Gasteiger partial charge in [-0.15, -0.1) is 0 Å². The average molecular weight is 456 g/mol. The molecule has 0 bridgehead atoms. The van der Waals surface area contributed by atoms with Crippen LogP contribution >= 0.6 is 0 Å². The third-order valence-corrected chi connectivity index (χ3v) is 5.97. The average Bonchev–Trinajstić information content (AvgIpc) is 3.21. The van der Waals surface area contributed by atoms with Crippen LogP contribution in [0.15, 0.2) is 78.9 Å². The molecule has 34 heavy (non-hydrogen) atoms. The van der Waals surface area contributed by atoms with Crippen molar-refractivity contribution < 1.29 is 9.53 Å². The number of ether oxygens (including phenoxy) is 1. The number of nitrogens with one attached hydrogen (secondary N) is 1. The van der Waals surface area contributed by atoms with Crippen molar-refractivity contribution in [3.8, 4) is 5.75 Å². The zero-order chi connectivity index (χ0) is 23.6. The van der Waals surface area contributed by atoms with E-state index < -0.39 is 0 Å². The van der Waals surface area contributed by atoms with Crippen LogP contribution in [0, 0.1) is 6.92 Å². The van der Waals surface area contributed by atoms with Crippen molar-refractivity contribution in [1.82, 2.24) is 14.9 Å². The number of aromatic nitrogens is 2. The van der Waals surface area contributed by atoms with Gasteiger partial charge in [0.2, 0.25) is 5.91 Å². The number of carbonyl (C=O) groups excluding carboxylic acids is 1. The van der Waals surface area contributed by atoms with E-state index in [2.05, 4.69) is 41.1 Å². The van der Waals surface area contributed by atoms with E-state index in [1.54, 1.807) is 0 Å². The van der Waals surface area contributed by atoms with Crippen molar-refractivity contribution in [2.45, 2.75) is 45.6 Å². The Bertz CT molecular complexity index is 1200. The number of nitrogens with zero attached hydrogens (tertiary/aromatic N) is 2. The number of fused-ring (bicyclic) bond motifs is 1. The lowest BCUT2D eigenvalue weighted by Gasteiger charge is -2.11. The van der Waals surface area contributed by atoms with Crippen molar-refractivity contribution in [3.63, 3.8) is 0 Å². The molecular formula is C29H33N3O2. The van der Waals surface area contributed by atoms with Gasteiger partial charge in [-0.05, 0) is 55.5 Å². The minimum absolute atomic E-state index is 0.0633. The number of carbonyl (C=O) groups is 1. The van der Waals surface area contributed by atoms with Crippen molar-refractivity contribution in [2.24, 2.45) is 0 Å². The highest BCUT2D eigenvalue weighted by Gasteiger charge is 2.11. The predicted octanol–water partition coefficient (Wildman–Crippen LogP) is 5.50. The second-order valence-electron chi connectivity index (χ2n) is 8.61. The number of rotatable bonds is 12. The summed E-state index contributed by atoms with van der Waals surface area (Å²) < 4.78 is 8.28. The van der Waals surface area contributed by atoms with Crippen LogP contribution in [0.4, 0.5) is 0 Å². The molecule has 1 heterocycles. The fraction of sp³-hybridized carbons (Fsp3) is 0.310. The molecule has 0 fully saturated rings. The molecule has 4 aromatic rings. The molecule has 1 N–H and O–H groups in total. The molecule has 1 amide bonds. The lowest BCUT2D eigenvalue weighted by molar-refractivity contribution is -0.120. The number of hydrogen-bond acceptors (Lipinski definition) is 3. The maximum atomic E-state index is 12.2. The second-order valence-corrected chi connectivity index (χ2v) is 8.61. The standard InChI is InChI=1S/C29H33N3O2/c1-23-12-5-8-17-27(23)34-21-10-9-20-32-26-16-7-6-15-25(26)31-28(32)18-11-19-30-29(33)22-24-13-3-2-4-14-24/h2-8,12-17H,9-11,18-22H2,1H3,(H,30,33). The van der Waals surface area contributed by atoms with E-state index in [1.807, 2.05) is 54.6 Å². The first kappa shape index (κ1) is 23.6. The summed E-state index contributed by atoms with van der Waals surface area (Å²) in [6, 6.07) is 26.3. The molecule has 0 aliphatic rings. The van der Waals surface area contributed by atoms with Crippen LogP contribution in [-0.4, -0.2) is 28.6 Å². The van der Waals surface area contributed by atoms with E-state index in [0.717, 1.165) is 54.9 Å². The first-order valence-electron chi connectivity index (χ1n) is 12.1. The van der Waals surface area contributed by atoms with Crippen LogP contribution in [0.2, 0.25) is 0 Å². The minimum atomic E-state index is 0.0633. The molecule has 0 radical (unpaired) electrons. The van der Waals surface area contributed by atoms with Gasteiger partial charge in [0.05, 0.1) is 24.1 Å². The van der Waals surface area contributed by atoms with Crippen LogP contribution in [0.25, 0.3) is 11.0 Å². The third-order valence-electron chi connectivity index (χ3n) is 5.97. The predicted molar refractivity (Wildman–Crippen MR) is 137 cm³/mol. The van der Waals surface area contributed by atoms with Gasteiger partial charge in [-0.3, -0.25) is 4.79 Å². The Morgan fingerprint density at radius 3 is 2.53 bits per heavy atom. The molecule has 176 valence electrons. The second kappa shape index (κ2) is 12.0. The number of amides is 1. The molecule has 5 heteroatoms. The Labute approximate surface area is 201 Å². The van der Waals surface area contributed by atoms with Gasteiger partial charge < -0.3 is 14.6 Å². The smallest absolute Gasteiger partial charge is 0.224 e. The van der Waals surface area contributed by atoms with Gasteiger partial charge in [0, 0.05) is 19.5 Å². The molecule has 0 saturated carbocycles. The van der Waals surface area contributed by atoms with Gasteiger partial charge in [0.15, 0.2) is 0 Å². The Hall–Kier alpha value is -3.60. The summed E-state index contributed by atoms with van der Waals surface area (Å²) in [4.78, 5) is 17.1. The van der Waals surface area contributed by atoms with Crippen LogP contribution in [0.5, 0.6) is 5.75 Å². The molecular weight excluding hydrogens is 422 g/mol. The van der Waals surface area contributed by atoms with Crippen molar-refractivity contribution in [3.05, 3.63) is 95.8 Å². The monoisotopic (exact) mass is 455 g/mol. The number of para-hydroxylation sites is 3. The first-order chi connectivity index (χ1) is 16.7. The topological polar surface area (TPSA) is 56.1 Å². The molecule has 3 aromatic carbocycles. The maximum absolute atomic E-state index is 12.2. The Kier molecular flexibility index (Phi) is 8.33. The van der Waals surface area contributed by atoms with Crippen LogP contribution in [0.3, 0.4) is 0 Å². The van der Waals surface area contributed by atoms with E-state index in [-0.39, 0.29) is 5.91 Å². The maximum Gasteiger partial charge on any atom is 0.224 e. The van der Waals surface area contributed by atoms with E-state index in [0.29, 0.717) is 19.6 Å². The minimum Gasteiger partial charge on any atom is -0.493 e. The number of benzene rings is 3. The molecule has 0 spiro atoms. The van der Waals surface area contributed by atoms with E-state index in [9.17, 15) is 4.79 Å². The van der Waals surface area contributed by atoms with Crippen molar-refractivity contribution in [2.75, 3.05) is 13.2 Å². The van der Waals surface area contributed by atoms with Gasteiger partial charge in [0.25, 0.3) is 0 Å². The van der Waals surface area contributed by atoms with Gasteiger partial charge >= 0.3 is 0 Å². The first-order valence-corrected chi connectivity index (χ1v) is 12.1. The molecule has 1 aromatic heterocycles. The van der Waals surface area contributed by atoms with Crippen LogP contribution < -0.4 is 10.1 Å². The molecule has 0 aliphatic carbocycles. The number of imidazole rings is 1. The fourth-order valence-corrected chi connectivity index (χ4v) is 4.16. The number of hydrogen-bond donors (Lipinski definition) is 1. The quantitative estimate of drug-likeness (QED) is 0.287. The molecule has 0 saturated heterocycles. The van der Waals surface area contributed by atoms with Gasteiger partial charge in [-0.2, -0.15) is 0 Å². The lowest BCUT2D eigenvalue weighted by Crippen LogP contribution is -2.26. The summed E-state index contributed by atoms with van der Waals surface area (Å²) >= 11 is 0. The molecule has 5 nitrogen and oxygen atoms in total. The zero-order valence-corrected chi connectivity index (χ0v) is 19.9. The zero-order valence-electron chi connectivity index (χ0n) is 19.9. The van der Waals surface area contributed by atoms with E-state index >= 15 is 0 Å². The highest BCUT2D eigenvalue weighted by molar-refractivity contribution is 5.78. The summed E-state index contributed by atoms with van der Waals surface area (Å²) in [7, 11) is 0. The van der Waals surface area contributed by atoms with Crippen molar-refractivity contribution >= 4 is 16.9 Å². The lowest BCUT2D eigenvalue weighted by atomic mass is 10.1. The highest BCUT2D eigenvalue weighted by atomic mass is 16.5. The summed E-state index contributed by atoms with van der Waals surface area (Å²) in [5, 5.41) is 3.04. The Balaban J connectivity index is 1.26. The summed E-state index contributed by atoms with van der Waals surface area (Å²) in [5.74, 6) is 2.11. The molecule has 0 aliphatic heterocycles. The SMILES string of the molecule is Cc1ccccc1OCCCCn1c(CCCNC(=O)Cc2ccccc2)nc2ccccc21. The molecule has 0 unspecified atom stereocenters. The fourth-order valence-electron chi connectivity index (χ4n) is 4.16. The Morgan fingerprint density at radius 2 is 1.68 bits per heavy atom. The third kappa shape index (κ3) is 6.47. The van der Waals surface area contributed by atoms with E-state index in [4.69, 9.17) is 9.72 Å². The number of unbranched alkanes of at least 4 members (excludes halogenated alkanes) is 1. The number of aryl methyl sites for hydroxylation is 3. The summed E-state index contributed by atoms with van der Waals surface area (Å²) in [5.41, 5.74) is 4.40. The highest BCUT2D eigenvalue weighted by Crippen LogP contribution is 2.19. The largest absolute Gasteiger partial charge is 0.493 e. The summed E-state index contributed by atoms with van der Waals surface area (Å²) in [6.07, 6.45) is 4.12. The van der Waals surface area contributed by atoms with Crippen molar-refractivity contribution in [1.29, 1.82) is 0 Å². The summed E-state index contributed by atoms with van der Waals surface area (Å²) in [6.45, 7) is 4.34. The van der Waals surface area contributed by atoms with Gasteiger partial charge in [-0.25, -0.2) is 4.98 Å². The van der Waals surface area contributed by atoms with Crippen LogP contribution in [-0.2, 0) is 24.2 Å². The van der Waals surface area contributed by atoms with Crippen LogP contribution in [0.1, 0.15) is 36.2 Å². The Morgan fingerprint density at radius 1 is 0.912 bits per heavy atom. The normalized spacial score (nSPS) is 11.0. The molecule has 4 rings (SSSR count). The van der Waals surface area contributed by atoms with Gasteiger partial charge in [-0.1, -0.05) is 60.7 Å². The van der Waals surface area contributed by atoms with E-state index in [1.165, 1.54) is 11.1 Å². The van der Waals surface area contributed by atoms with Gasteiger partial charge in [0.1, 0.15) is 11.6 Å².